The van der Waals surface area contributed by atoms with E-state index in [0.717, 1.165) is 19.4 Å². The van der Waals surface area contributed by atoms with E-state index in [0.29, 0.717) is 12.8 Å². The highest BCUT2D eigenvalue weighted by molar-refractivity contribution is 5.80. The van der Waals surface area contributed by atoms with E-state index < -0.39 is 0 Å². The number of hydrogen-bond acceptors (Lipinski definition) is 2. The summed E-state index contributed by atoms with van der Waals surface area (Å²) in [6, 6.07) is 6.32. The second-order valence-electron chi connectivity index (χ2n) is 6.00. The quantitative estimate of drug-likeness (QED) is 0.921. The molecule has 1 aliphatic heterocycles. The van der Waals surface area contributed by atoms with E-state index in [2.05, 4.69) is 37.4 Å². The van der Waals surface area contributed by atoms with Crippen LogP contribution in [-0.4, -0.2) is 36.3 Å². The number of likely N-dealkylation sites (tertiary alicyclic amines) is 1. The van der Waals surface area contributed by atoms with Gasteiger partial charge in [-0.2, -0.15) is 0 Å². The Morgan fingerprint density at radius 3 is 2.81 bits per heavy atom. The predicted octanol–water partition coefficient (Wildman–Crippen LogP) is 1.97. The van der Waals surface area contributed by atoms with Crippen LogP contribution >= 0.6 is 0 Å². The number of piperidine rings is 1. The fourth-order valence-corrected chi connectivity index (χ4v) is 2.74. The van der Waals surface area contributed by atoms with Crippen molar-refractivity contribution in [1.82, 2.24) is 10.2 Å². The third-order valence-corrected chi connectivity index (χ3v) is 4.14. The Balaban J connectivity index is 1.81. The first kappa shape index (κ1) is 15.5. The standard InChI is InChI=1S/C17H24N2O2/c1-12-4-5-14(13(2)10-12)6-7-16(20)18-15-8-9-19(3)17(21)11-15/h4-5,10,15H,6-9,11H2,1-3H3,(H,18,20)/t15-/m0/s1. The lowest BCUT2D eigenvalue weighted by Crippen LogP contribution is -2.46. The van der Waals surface area contributed by atoms with Crippen LogP contribution < -0.4 is 5.32 Å². The van der Waals surface area contributed by atoms with E-state index in [1.807, 2.05) is 0 Å². The normalized spacial score (nSPS) is 18.7. The molecule has 0 aliphatic carbocycles. The van der Waals surface area contributed by atoms with Gasteiger partial charge in [0.15, 0.2) is 0 Å². The number of nitrogens with zero attached hydrogens (tertiary/aromatic N) is 1. The first-order chi connectivity index (χ1) is 9.95. The summed E-state index contributed by atoms with van der Waals surface area (Å²) >= 11 is 0. The summed E-state index contributed by atoms with van der Waals surface area (Å²) in [6.07, 6.45) is 2.49. The summed E-state index contributed by atoms with van der Waals surface area (Å²) in [5, 5.41) is 2.98. The van der Waals surface area contributed by atoms with Crippen LogP contribution in [0.15, 0.2) is 18.2 Å². The Hall–Kier alpha value is -1.84. The van der Waals surface area contributed by atoms with E-state index in [-0.39, 0.29) is 17.9 Å². The molecule has 1 N–H and O–H groups in total. The minimum Gasteiger partial charge on any atom is -0.353 e. The Morgan fingerprint density at radius 2 is 2.14 bits per heavy atom. The molecule has 4 heteroatoms. The van der Waals surface area contributed by atoms with E-state index in [1.165, 1.54) is 16.7 Å². The number of nitrogens with one attached hydrogen (secondary N) is 1. The largest absolute Gasteiger partial charge is 0.353 e. The van der Waals surface area contributed by atoms with Crippen LogP contribution in [0.2, 0.25) is 0 Å². The molecule has 0 radical (unpaired) electrons. The highest BCUT2D eigenvalue weighted by atomic mass is 16.2. The van der Waals surface area contributed by atoms with Crippen molar-refractivity contribution in [3.63, 3.8) is 0 Å². The average molecular weight is 288 g/mol. The van der Waals surface area contributed by atoms with Crippen LogP contribution in [0.3, 0.4) is 0 Å². The lowest BCUT2D eigenvalue weighted by molar-refractivity contribution is -0.133. The maximum Gasteiger partial charge on any atom is 0.224 e. The molecule has 1 fully saturated rings. The number of carbonyl (C=O) groups excluding carboxylic acids is 2. The second kappa shape index (κ2) is 6.74. The molecular weight excluding hydrogens is 264 g/mol. The molecule has 0 unspecified atom stereocenters. The van der Waals surface area contributed by atoms with Gasteiger partial charge in [0.05, 0.1) is 0 Å². The van der Waals surface area contributed by atoms with Crippen molar-refractivity contribution >= 4 is 11.8 Å². The Bertz CT molecular complexity index is 540. The number of hydrogen-bond donors (Lipinski definition) is 1. The van der Waals surface area contributed by atoms with Crippen LogP contribution in [0.4, 0.5) is 0 Å². The molecule has 4 nitrogen and oxygen atoms in total. The minimum absolute atomic E-state index is 0.000291. The number of rotatable bonds is 4. The molecule has 2 rings (SSSR count). The van der Waals surface area contributed by atoms with Gasteiger partial charge in [0.1, 0.15) is 0 Å². The third kappa shape index (κ3) is 4.31. The first-order valence-electron chi connectivity index (χ1n) is 7.55. The smallest absolute Gasteiger partial charge is 0.224 e. The summed E-state index contributed by atoms with van der Waals surface area (Å²) in [4.78, 5) is 25.4. The van der Waals surface area contributed by atoms with Crippen LogP contribution in [0.5, 0.6) is 0 Å². The van der Waals surface area contributed by atoms with E-state index in [1.54, 1.807) is 11.9 Å². The first-order valence-corrected chi connectivity index (χ1v) is 7.55. The van der Waals surface area contributed by atoms with Gasteiger partial charge in [0.2, 0.25) is 11.8 Å². The van der Waals surface area contributed by atoms with Gasteiger partial charge in [-0.1, -0.05) is 23.8 Å². The van der Waals surface area contributed by atoms with Crippen molar-refractivity contribution in [2.24, 2.45) is 0 Å². The monoisotopic (exact) mass is 288 g/mol. The molecule has 1 aliphatic rings. The molecule has 1 aromatic carbocycles. The van der Waals surface area contributed by atoms with E-state index in [9.17, 15) is 9.59 Å². The van der Waals surface area contributed by atoms with Gasteiger partial charge in [-0.25, -0.2) is 0 Å². The molecule has 1 aromatic rings. The Labute approximate surface area is 126 Å². The molecule has 0 bridgehead atoms. The molecule has 1 heterocycles. The van der Waals surface area contributed by atoms with Gasteiger partial charge in [0.25, 0.3) is 0 Å². The molecule has 21 heavy (non-hydrogen) atoms. The van der Waals surface area contributed by atoms with Gasteiger partial charge in [-0.3, -0.25) is 9.59 Å². The topological polar surface area (TPSA) is 49.4 Å². The third-order valence-electron chi connectivity index (χ3n) is 4.14. The summed E-state index contributed by atoms with van der Waals surface area (Å²) in [7, 11) is 1.81. The molecule has 0 saturated carbocycles. The molecule has 1 saturated heterocycles. The molecule has 1 atom stereocenters. The lowest BCUT2D eigenvalue weighted by atomic mass is 10.0. The van der Waals surface area contributed by atoms with Crippen LogP contribution in [0.25, 0.3) is 0 Å². The van der Waals surface area contributed by atoms with Gasteiger partial charge in [-0.05, 0) is 37.8 Å². The predicted molar refractivity (Wildman–Crippen MR) is 83.0 cm³/mol. The fraction of sp³-hybridized carbons (Fsp3) is 0.529. The Morgan fingerprint density at radius 1 is 1.38 bits per heavy atom. The molecule has 0 aromatic heterocycles. The van der Waals surface area contributed by atoms with Crippen molar-refractivity contribution < 1.29 is 9.59 Å². The summed E-state index contributed by atoms with van der Waals surface area (Å²) in [5.74, 6) is 0.151. The molecular formula is C17H24N2O2. The van der Waals surface area contributed by atoms with Gasteiger partial charge in [0, 0.05) is 32.5 Å². The number of benzene rings is 1. The fourth-order valence-electron chi connectivity index (χ4n) is 2.74. The maximum atomic E-state index is 12.0. The molecule has 2 amide bonds. The summed E-state index contributed by atoms with van der Waals surface area (Å²) in [6.45, 7) is 4.87. The molecule has 0 spiro atoms. The number of aryl methyl sites for hydroxylation is 3. The maximum absolute atomic E-state index is 12.0. The van der Waals surface area contributed by atoms with Crippen LogP contribution in [-0.2, 0) is 16.0 Å². The van der Waals surface area contributed by atoms with E-state index >= 15 is 0 Å². The highest BCUT2D eigenvalue weighted by Gasteiger charge is 2.24. The zero-order valence-electron chi connectivity index (χ0n) is 13.1. The highest BCUT2D eigenvalue weighted by Crippen LogP contribution is 2.13. The summed E-state index contributed by atoms with van der Waals surface area (Å²) in [5.41, 5.74) is 3.69. The van der Waals surface area contributed by atoms with Crippen LogP contribution in [0, 0.1) is 13.8 Å². The Kier molecular flexibility index (Phi) is 4.99. The van der Waals surface area contributed by atoms with Crippen molar-refractivity contribution in [3.05, 3.63) is 34.9 Å². The lowest BCUT2D eigenvalue weighted by Gasteiger charge is -2.29. The van der Waals surface area contributed by atoms with E-state index in [4.69, 9.17) is 0 Å². The van der Waals surface area contributed by atoms with Crippen molar-refractivity contribution in [1.29, 1.82) is 0 Å². The number of carbonyl (C=O) groups is 2. The summed E-state index contributed by atoms with van der Waals surface area (Å²) < 4.78 is 0. The van der Waals surface area contributed by atoms with Gasteiger partial charge >= 0.3 is 0 Å². The van der Waals surface area contributed by atoms with Gasteiger partial charge < -0.3 is 10.2 Å². The number of amides is 2. The average Bonchev–Trinajstić information content (AvgIpc) is 2.42. The van der Waals surface area contributed by atoms with Gasteiger partial charge in [-0.15, -0.1) is 0 Å². The van der Waals surface area contributed by atoms with Crippen molar-refractivity contribution in [3.8, 4) is 0 Å². The van der Waals surface area contributed by atoms with Crippen molar-refractivity contribution in [2.45, 2.75) is 45.6 Å². The molecule has 114 valence electrons. The SMILES string of the molecule is Cc1ccc(CCC(=O)N[C@H]2CCN(C)C(=O)C2)c(C)c1. The zero-order chi connectivity index (χ0) is 15.4. The van der Waals surface area contributed by atoms with Crippen LogP contribution in [0.1, 0.15) is 36.0 Å². The minimum atomic E-state index is 0.000291. The van der Waals surface area contributed by atoms with Crippen molar-refractivity contribution in [2.75, 3.05) is 13.6 Å². The zero-order valence-corrected chi connectivity index (χ0v) is 13.1. The second-order valence-corrected chi connectivity index (χ2v) is 6.00.